The molecule has 2 heterocycles. The van der Waals surface area contributed by atoms with E-state index in [1.807, 2.05) is 30.3 Å². The van der Waals surface area contributed by atoms with Crippen molar-refractivity contribution in [2.75, 3.05) is 0 Å². The van der Waals surface area contributed by atoms with Gasteiger partial charge in [-0.25, -0.2) is 9.37 Å². The molecule has 0 saturated carbocycles. The van der Waals surface area contributed by atoms with Crippen LogP contribution in [0.4, 0.5) is 4.39 Å². The number of nitrogens with zero attached hydrogens (tertiary/aromatic N) is 5. The number of benzene rings is 2. The van der Waals surface area contributed by atoms with Gasteiger partial charge in [-0.2, -0.15) is 9.90 Å². The predicted octanol–water partition coefficient (Wildman–Crippen LogP) is 2.66. The van der Waals surface area contributed by atoms with Crippen LogP contribution in [-0.2, 0) is 7.05 Å². The number of imidazole rings is 1. The SMILES string of the molecule is Cn1ccnc1C(NC(=O)c1cnn(-c2ccccc2)n1)c1ccccc1F. The van der Waals surface area contributed by atoms with Crippen LogP contribution in [0.1, 0.15) is 27.9 Å². The monoisotopic (exact) mass is 376 g/mol. The van der Waals surface area contributed by atoms with Crippen molar-refractivity contribution in [1.29, 1.82) is 0 Å². The number of carbonyl (C=O) groups excluding carboxylic acids is 1. The van der Waals surface area contributed by atoms with Crippen molar-refractivity contribution in [2.45, 2.75) is 6.04 Å². The molecular weight excluding hydrogens is 359 g/mol. The normalized spacial score (nSPS) is 11.9. The molecule has 1 unspecified atom stereocenters. The summed E-state index contributed by atoms with van der Waals surface area (Å²) >= 11 is 0. The first-order valence-electron chi connectivity index (χ1n) is 8.64. The van der Waals surface area contributed by atoms with Gasteiger partial charge in [0.2, 0.25) is 0 Å². The average Bonchev–Trinajstić information content (AvgIpc) is 3.37. The van der Waals surface area contributed by atoms with Crippen molar-refractivity contribution in [1.82, 2.24) is 29.9 Å². The maximum Gasteiger partial charge on any atom is 0.274 e. The van der Waals surface area contributed by atoms with E-state index >= 15 is 0 Å². The first-order chi connectivity index (χ1) is 13.6. The maximum absolute atomic E-state index is 14.4. The number of amides is 1. The molecule has 7 nitrogen and oxygen atoms in total. The molecule has 0 aliphatic carbocycles. The third-order valence-corrected chi connectivity index (χ3v) is 4.32. The van der Waals surface area contributed by atoms with Crippen LogP contribution in [0.2, 0.25) is 0 Å². The van der Waals surface area contributed by atoms with Gasteiger partial charge in [-0.1, -0.05) is 36.4 Å². The van der Waals surface area contributed by atoms with Gasteiger partial charge in [0.15, 0.2) is 5.69 Å². The van der Waals surface area contributed by atoms with Gasteiger partial charge >= 0.3 is 0 Å². The Hall–Kier alpha value is -3.81. The van der Waals surface area contributed by atoms with E-state index < -0.39 is 17.8 Å². The molecule has 0 aliphatic heterocycles. The standard InChI is InChI=1S/C20H17FN6O/c1-26-12-11-22-19(26)18(15-9-5-6-10-16(15)21)24-20(28)17-13-23-27(25-17)14-7-3-2-4-8-14/h2-13,18H,1H3,(H,24,28). The summed E-state index contributed by atoms with van der Waals surface area (Å²) in [6.07, 6.45) is 4.71. The predicted molar refractivity (Wildman–Crippen MR) is 100 cm³/mol. The second-order valence-electron chi connectivity index (χ2n) is 6.18. The van der Waals surface area contributed by atoms with Crippen molar-refractivity contribution in [3.8, 4) is 5.69 Å². The van der Waals surface area contributed by atoms with Gasteiger partial charge in [0.25, 0.3) is 5.91 Å². The second kappa shape index (κ2) is 7.43. The molecule has 0 saturated heterocycles. The van der Waals surface area contributed by atoms with Crippen molar-refractivity contribution >= 4 is 5.91 Å². The van der Waals surface area contributed by atoms with Gasteiger partial charge in [0.05, 0.1) is 11.9 Å². The van der Waals surface area contributed by atoms with Crippen molar-refractivity contribution < 1.29 is 9.18 Å². The summed E-state index contributed by atoms with van der Waals surface area (Å²) in [7, 11) is 1.79. The molecule has 0 fully saturated rings. The van der Waals surface area contributed by atoms with Gasteiger partial charge in [-0.05, 0) is 18.2 Å². The molecule has 1 amide bonds. The number of carbonyl (C=O) groups is 1. The Balaban J connectivity index is 1.64. The number of para-hydroxylation sites is 1. The fraction of sp³-hybridized carbons (Fsp3) is 0.100. The number of hydrogen-bond donors (Lipinski definition) is 1. The van der Waals surface area contributed by atoms with E-state index in [0.717, 1.165) is 5.69 Å². The van der Waals surface area contributed by atoms with Crippen LogP contribution in [0.3, 0.4) is 0 Å². The number of hydrogen-bond acceptors (Lipinski definition) is 4. The van der Waals surface area contributed by atoms with Gasteiger partial charge < -0.3 is 9.88 Å². The molecule has 0 radical (unpaired) electrons. The molecule has 1 atom stereocenters. The van der Waals surface area contributed by atoms with Crippen molar-refractivity contribution in [3.05, 3.63) is 96.1 Å². The second-order valence-corrected chi connectivity index (χ2v) is 6.18. The van der Waals surface area contributed by atoms with Crippen LogP contribution in [0.5, 0.6) is 0 Å². The van der Waals surface area contributed by atoms with E-state index in [1.165, 1.54) is 17.1 Å². The van der Waals surface area contributed by atoms with E-state index in [0.29, 0.717) is 11.4 Å². The topological polar surface area (TPSA) is 77.6 Å². The smallest absolute Gasteiger partial charge is 0.274 e. The zero-order valence-electron chi connectivity index (χ0n) is 15.0. The van der Waals surface area contributed by atoms with Gasteiger partial charge in [-0.15, -0.1) is 5.10 Å². The Morgan fingerprint density at radius 1 is 1.11 bits per heavy atom. The summed E-state index contributed by atoms with van der Waals surface area (Å²) in [5.41, 5.74) is 1.18. The highest BCUT2D eigenvalue weighted by molar-refractivity contribution is 5.92. The van der Waals surface area contributed by atoms with Crippen LogP contribution in [0.15, 0.2) is 73.2 Å². The summed E-state index contributed by atoms with van der Waals surface area (Å²) in [6.45, 7) is 0. The Kier molecular flexibility index (Phi) is 4.67. The summed E-state index contributed by atoms with van der Waals surface area (Å²) < 4.78 is 16.2. The zero-order valence-corrected chi connectivity index (χ0v) is 15.0. The van der Waals surface area contributed by atoms with E-state index in [9.17, 15) is 9.18 Å². The molecule has 2 aromatic heterocycles. The molecule has 1 N–H and O–H groups in total. The lowest BCUT2D eigenvalue weighted by atomic mass is 10.1. The highest BCUT2D eigenvalue weighted by atomic mass is 19.1. The summed E-state index contributed by atoms with van der Waals surface area (Å²) in [5.74, 6) is -0.393. The number of aryl methyl sites for hydroxylation is 1. The van der Waals surface area contributed by atoms with Crippen LogP contribution >= 0.6 is 0 Å². The summed E-state index contributed by atoms with van der Waals surface area (Å²) in [4.78, 5) is 18.4. The van der Waals surface area contributed by atoms with Crippen molar-refractivity contribution in [2.24, 2.45) is 7.05 Å². The Morgan fingerprint density at radius 2 is 1.86 bits per heavy atom. The van der Waals surface area contributed by atoms with E-state index in [1.54, 1.807) is 42.2 Å². The van der Waals surface area contributed by atoms with E-state index in [-0.39, 0.29) is 5.69 Å². The third kappa shape index (κ3) is 3.39. The first kappa shape index (κ1) is 17.6. The highest BCUT2D eigenvalue weighted by Crippen LogP contribution is 2.23. The number of rotatable bonds is 5. The lowest BCUT2D eigenvalue weighted by Gasteiger charge is -2.19. The molecule has 0 aliphatic rings. The van der Waals surface area contributed by atoms with Crippen LogP contribution in [0, 0.1) is 5.82 Å². The van der Waals surface area contributed by atoms with Gasteiger partial charge in [0.1, 0.15) is 17.7 Å². The lowest BCUT2D eigenvalue weighted by molar-refractivity contribution is 0.0935. The third-order valence-electron chi connectivity index (χ3n) is 4.32. The Bertz CT molecular complexity index is 1100. The molecule has 8 heteroatoms. The fourth-order valence-corrected chi connectivity index (χ4v) is 2.90. The molecular formula is C20H17FN6O. The molecule has 0 bridgehead atoms. The number of nitrogens with one attached hydrogen (secondary N) is 1. The number of aromatic nitrogens is 5. The van der Waals surface area contributed by atoms with Crippen LogP contribution < -0.4 is 5.32 Å². The minimum atomic E-state index is -0.768. The highest BCUT2D eigenvalue weighted by Gasteiger charge is 2.25. The summed E-state index contributed by atoms with van der Waals surface area (Å²) in [5, 5.41) is 11.2. The molecule has 4 rings (SSSR count). The minimum Gasteiger partial charge on any atom is -0.336 e. The van der Waals surface area contributed by atoms with Crippen molar-refractivity contribution in [3.63, 3.8) is 0 Å². The molecule has 2 aromatic carbocycles. The molecule has 140 valence electrons. The summed E-state index contributed by atoms with van der Waals surface area (Å²) in [6, 6.07) is 14.8. The van der Waals surface area contributed by atoms with Crippen LogP contribution in [0.25, 0.3) is 5.69 Å². The Morgan fingerprint density at radius 3 is 2.57 bits per heavy atom. The lowest BCUT2D eigenvalue weighted by Crippen LogP contribution is -2.32. The van der Waals surface area contributed by atoms with Gasteiger partial charge in [-0.3, -0.25) is 4.79 Å². The quantitative estimate of drug-likeness (QED) is 0.581. The minimum absolute atomic E-state index is 0.124. The molecule has 28 heavy (non-hydrogen) atoms. The molecule has 0 spiro atoms. The fourth-order valence-electron chi connectivity index (χ4n) is 2.90. The van der Waals surface area contributed by atoms with E-state index in [2.05, 4.69) is 20.5 Å². The number of halogens is 1. The zero-order chi connectivity index (χ0) is 19.5. The van der Waals surface area contributed by atoms with E-state index in [4.69, 9.17) is 0 Å². The van der Waals surface area contributed by atoms with Crippen LogP contribution in [-0.4, -0.2) is 30.5 Å². The Labute approximate surface area is 160 Å². The maximum atomic E-state index is 14.4. The first-order valence-corrected chi connectivity index (χ1v) is 8.64. The largest absolute Gasteiger partial charge is 0.336 e. The van der Waals surface area contributed by atoms with Gasteiger partial charge in [0, 0.05) is 25.0 Å². The molecule has 4 aromatic rings. The average molecular weight is 376 g/mol.